The third-order valence-electron chi connectivity index (χ3n) is 11.4. The quantitative estimate of drug-likeness (QED) is 0.480. The number of esters is 1. The van der Waals surface area contributed by atoms with Crippen molar-refractivity contribution in [2.45, 2.75) is 90.3 Å². The molecule has 5 heterocycles. The molecule has 4 aliphatic heterocycles. The molecule has 1 aromatic rings. The maximum absolute atomic E-state index is 13.1. The number of ether oxygens (including phenoxy) is 3. The van der Waals surface area contributed by atoms with Gasteiger partial charge in [0.15, 0.2) is 6.10 Å². The zero-order chi connectivity index (χ0) is 22.5. The Balaban J connectivity index is 1.39. The second kappa shape index (κ2) is 5.35. The van der Waals surface area contributed by atoms with E-state index >= 15 is 0 Å². The van der Waals surface area contributed by atoms with Gasteiger partial charge in [0.25, 0.3) is 0 Å². The molecule has 4 bridgehead atoms. The minimum Gasteiger partial charge on any atom is -0.472 e. The fourth-order valence-electron chi connectivity index (χ4n) is 9.84. The van der Waals surface area contributed by atoms with Crippen LogP contribution in [0.4, 0.5) is 0 Å². The second-order valence-electron chi connectivity index (χ2n) is 12.5. The summed E-state index contributed by atoms with van der Waals surface area (Å²) < 4.78 is 24.7. The standard InChI is InChI=1S/C26H32O6/c1-22(2)15-10-18-25(5)14(24(15,4)17(30-18)11-16(22)27)6-8-23(3)19(13-7-9-29-12-13)31-21(28)20-26(23,25)32-20/h7,9,12,14-15,17-20H,6,8,10-11H2,1-5H3/t14-,15+,17-,18+,19-,20+,23-,24+,25-,26+/m0/s1. The highest BCUT2D eigenvalue weighted by atomic mass is 16.7. The van der Waals surface area contributed by atoms with Gasteiger partial charge in [0.1, 0.15) is 17.5 Å². The van der Waals surface area contributed by atoms with Crippen LogP contribution in [0.25, 0.3) is 0 Å². The highest BCUT2D eigenvalue weighted by Gasteiger charge is 2.90. The first-order chi connectivity index (χ1) is 15.0. The number of Topliss-reactive ketones (excluding diaryl/α,β-unsaturated/α-hetero) is 1. The van der Waals surface area contributed by atoms with E-state index in [9.17, 15) is 9.59 Å². The lowest BCUT2D eigenvalue weighted by Gasteiger charge is -2.75. The highest BCUT2D eigenvalue weighted by Crippen LogP contribution is 2.82. The Morgan fingerprint density at radius 1 is 1.00 bits per heavy atom. The molecule has 3 saturated carbocycles. The first-order valence-corrected chi connectivity index (χ1v) is 12.1. The van der Waals surface area contributed by atoms with Gasteiger partial charge >= 0.3 is 5.97 Å². The van der Waals surface area contributed by atoms with E-state index in [1.807, 2.05) is 6.07 Å². The van der Waals surface area contributed by atoms with Crippen molar-refractivity contribution in [3.05, 3.63) is 24.2 Å². The van der Waals surface area contributed by atoms with E-state index in [0.29, 0.717) is 18.1 Å². The Kier molecular flexibility index (Phi) is 3.31. The second-order valence-corrected chi connectivity index (χ2v) is 12.5. The first kappa shape index (κ1) is 19.8. The van der Waals surface area contributed by atoms with Crippen molar-refractivity contribution in [3.8, 4) is 0 Å². The highest BCUT2D eigenvalue weighted by molar-refractivity contribution is 5.86. The fraction of sp³-hybridized carbons (Fsp3) is 0.769. The summed E-state index contributed by atoms with van der Waals surface area (Å²) in [5.74, 6) is 0.681. The SMILES string of the molecule is CC1(C)C(=O)C[C@@H]2O[C@@H]3C[C@H]1[C@@]2(C)[C@@H]1CC[C@@]2(C)[C@H](c4ccoc4)OC(=O)[C@H]4O[C@]42[C@]31C. The Morgan fingerprint density at radius 2 is 1.78 bits per heavy atom. The zero-order valence-corrected chi connectivity index (χ0v) is 19.5. The lowest BCUT2D eigenvalue weighted by molar-refractivity contribution is -0.349. The zero-order valence-electron chi connectivity index (χ0n) is 19.5. The minimum atomic E-state index is -0.616. The molecule has 1 aromatic heterocycles. The molecule has 0 unspecified atom stereocenters. The van der Waals surface area contributed by atoms with Gasteiger partial charge in [0.2, 0.25) is 0 Å². The van der Waals surface area contributed by atoms with Crippen LogP contribution in [0.5, 0.6) is 0 Å². The van der Waals surface area contributed by atoms with Crippen molar-refractivity contribution >= 4 is 11.8 Å². The average molecular weight is 441 g/mol. The van der Waals surface area contributed by atoms with Gasteiger partial charge < -0.3 is 18.6 Å². The number of cyclic esters (lactones) is 1. The van der Waals surface area contributed by atoms with Crippen LogP contribution in [0.3, 0.4) is 0 Å². The average Bonchev–Trinajstić information content (AvgIpc) is 3.30. The molecule has 3 aliphatic carbocycles. The molecule has 7 fully saturated rings. The van der Waals surface area contributed by atoms with E-state index in [2.05, 4.69) is 34.6 Å². The Morgan fingerprint density at radius 3 is 2.50 bits per heavy atom. The number of carbonyl (C=O) groups excluding carboxylic acids is 2. The number of hydrogen-bond acceptors (Lipinski definition) is 6. The third kappa shape index (κ3) is 1.74. The monoisotopic (exact) mass is 440 g/mol. The van der Waals surface area contributed by atoms with Gasteiger partial charge in [-0.1, -0.05) is 34.6 Å². The molecule has 0 amide bonds. The van der Waals surface area contributed by atoms with Gasteiger partial charge in [0, 0.05) is 33.6 Å². The van der Waals surface area contributed by atoms with Gasteiger partial charge in [-0.3, -0.25) is 4.79 Å². The third-order valence-corrected chi connectivity index (χ3v) is 11.4. The van der Waals surface area contributed by atoms with Crippen LogP contribution in [-0.4, -0.2) is 35.7 Å². The lowest BCUT2D eigenvalue weighted by atomic mass is 9.33. The predicted molar refractivity (Wildman–Crippen MR) is 112 cm³/mol. The van der Waals surface area contributed by atoms with Gasteiger partial charge in [-0.25, -0.2) is 4.79 Å². The maximum atomic E-state index is 13.1. The van der Waals surface area contributed by atoms with E-state index in [0.717, 1.165) is 24.8 Å². The summed E-state index contributed by atoms with van der Waals surface area (Å²) in [4.78, 5) is 26.1. The molecule has 32 heavy (non-hydrogen) atoms. The topological polar surface area (TPSA) is 78.3 Å². The summed E-state index contributed by atoms with van der Waals surface area (Å²) in [6, 6.07) is 1.90. The van der Waals surface area contributed by atoms with Crippen molar-refractivity contribution in [1.82, 2.24) is 0 Å². The molecule has 8 rings (SSSR count). The molecule has 1 spiro atoms. The smallest absolute Gasteiger partial charge is 0.339 e. The van der Waals surface area contributed by atoms with Crippen LogP contribution >= 0.6 is 0 Å². The van der Waals surface area contributed by atoms with Crippen molar-refractivity contribution in [1.29, 1.82) is 0 Å². The van der Waals surface area contributed by atoms with Crippen LogP contribution < -0.4 is 0 Å². The van der Waals surface area contributed by atoms with E-state index < -0.39 is 17.8 Å². The van der Waals surface area contributed by atoms with Gasteiger partial charge in [-0.15, -0.1) is 0 Å². The van der Waals surface area contributed by atoms with Crippen LogP contribution in [0, 0.1) is 33.5 Å². The van der Waals surface area contributed by atoms with Crippen molar-refractivity contribution in [3.63, 3.8) is 0 Å². The van der Waals surface area contributed by atoms with E-state index in [1.165, 1.54) is 0 Å². The summed E-state index contributed by atoms with van der Waals surface area (Å²) in [6.45, 7) is 11.2. The largest absolute Gasteiger partial charge is 0.472 e. The number of epoxide rings is 1. The number of rotatable bonds is 1. The Bertz CT molecular complexity index is 1040. The maximum Gasteiger partial charge on any atom is 0.339 e. The van der Waals surface area contributed by atoms with Gasteiger partial charge in [-0.05, 0) is 37.2 Å². The first-order valence-electron chi connectivity index (χ1n) is 12.1. The number of ketones is 1. The van der Waals surface area contributed by atoms with E-state index in [-0.39, 0.29) is 45.8 Å². The normalized spacial score (nSPS) is 56.7. The van der Waals surface area contributed by atoms with E-state index in [1.54, 1.807) is 12.5 Å². The molecule has 6 heteroatoms. The molecular weight excluding hydrogens is 408 g/mol. The molecule has 4 saturated heterocycles. The predicted octanol–water partition coefficient (Wildman–Crippen LogP) is 4.23. The summed E-state index contributed by atoms with van der Waals surface area (Å²) in [5, 5.41) is 0. The van der Waals surface area contributed by atoms with Crippen molar-refractivity contribution < 1.29 is 28.2 Å². The van der Waals surface area contributed by atoms with Crippen molar-refractivity contribution in [2.24, 2.45) is 33.5 Å². The van der Waals surface area contributed by atoms with Gasteiger partial charge in [-0.2, -0.15) is 0 Å². The summed E-state index contributed by atoms with van der Waals surface area (Å²) in [7, 11) is 0. The molecular formula is C26H32O6. The number of hydrogen-bond donors (Lipinski definition) is 0. The molecule has 6 nitrogen and oxygen atoms in total. The van der Waals surface area contributed by atoms with Crippen LogP contribution in [0.2, 0.25) is 0 Å². The lowest BCUT2D eigenvalue weighted by Crippen LogP contribution is -2.79. The van der Waals surface area contributed by atoms with Crippen molar-refractivity contribution in [2.75, 3.05) is 0 Å². The molecule has 0 N–H and O–H groups in total. The fourth-order valence-corrected chi connectivity index (χ4v) is 9.84. The summed E-state index contributed by atoms with van der Waals surface area (Å²) >= 11 is 0. The molecule has 172 valence electrons. The minimum absolute atomic E-state index is 0.0303. The summed E-state index contributed by atoms with van der Waals surface area (Å²) in [5.41, 5.74) is -0.854. The van der Waals surface area contributed by atoms with Crippen LogP contribution in [0.15, 0.2) is 23.0 Å². The summed E-state index contributed by atoms with van der Waals surface area (Å²) in [6.07, 6.45) is 5.60. The Hall–Kier alpha value is -1.66. The Labute approximate surface area is 188 Å². The molecule has 0 aromatic carbocycles. The molecule has 10 atom stereocenters. The van der Waals surface area contributed by atoms with Crippen LogP contribution in [0.1, 0.15) is 72.0 Å². The van der Waals surface area contributed by atoms with E-state index in [4.69, 9.17) is 18.6 Å². The van der Waals surface area contributed by atoms with Gasteiger partial charge in [0.05, 0.1) is 24.7 Å². The molecule has 0 radical (unpaired) electrons. The molecule has 7 aliphatic rings. The number of furan rings is 1. The van der Waals surface area contributed by atoms with Crippen LogP contribution in [-0.2, 0) is 23.8 Å². The number of carbonyl (C=O) groups is 2.